The van der Waals surface area contributed by atoms with Crippen molar-refractivity contribution in [2.75, 3.05) is 0 Å². The fourth-order valence-electron chi connectivity index (χ4n) is 1.02. The summed E-state index contributed by atoms with van der Waals surface area (Å²) in [7, 11) is 0. The summed E-state index contributed by atoms with van der Waals surface area (Å²) in [6.07, 6.45) is 9.46. The Labute approximate surface area is 55.2 Å². The fourth-order valence-corrected chi connectivity index (χ4v) is 1.02. The second-order valence-electron chi connectivity index (χ2n) is 2.24. The molecule has 2 heteroatoms. The van der Waals surface area contributed by atoms with E-state index in [0.717, 1.165) is 19.3 Å². The number of nitriles is 1. The number of nitrogens with one attached hydrogen (secondary N) is 1. The molecule has 0 fully saturated rings. The van der Waals surface area contributed by atoms with Crippen molar-refractivity contribution in [3.63, 3.8) is 0 Å². The summed E-state index contributed by atoms with van der Waals surface area (Å²) in [5.41, 5.74) is 0. The average molecular weight is 122 g/mol. The van der Waals surface area contributed by atoms with E-state index in [0.29, 0.717) is 6.04 Å². The Morgan fingerprint density at radius 2 is 2.44 bits per heavy atom. The lowest BCUT2D eigenvalue weighted by Gasteiger charge is -2.14. The molecule has 0 radical (unpaired) electrons. The van der Waals surface area contributed by atoms with Gasteiger partial charge in [0, 0.05) is 6.04 Å². The van der Waals surface area contributed by atoms with Gasteiger partial charge in [-0.05, 0) is 19.3 Å². The van der Waals surface area contributed by atoms with E-state index >= 15 is 0 Å². The SMILES string of the molecule is N#CNC1CC=CCC1. The number of allylic oxidation sites excluding steroid dienone is 1. The second-order valence-corrected chi connectivity index (χ2v) is 2.24. The van der Waals surface area contributed by atoms with Crippen LogP contribution >= 0.6 is 0 Å². The zero-order valence-corrected chi connectivity index (χ0v) is 5.30. The first-order chi connectivity index (χ1) is 4.43. The van der Waals surface area contributed by atoms with Gasteiger partial charge in [0.2, 0.25) is 0 Å². The Kier molecular flexibility index (Phi) is 2.14. The Morgan fingerprint density at radius 1 is 1.56 bits per heavy atom. The lowest BCUT2D eigenvalue weighted by atomic mass is 10.0. The highest BCUT2D eigenvalue weighted by molar-refractivity contribution is 4.94. The van der Waals surface area contributed by atoms with Crippen LogP contribution in [-0.2, 0) is 0 Å². The molecule has 0 aliphatic heterocycles. The van der Waals surface area contributed by atoms with Gasteiger partial charge in [-0.25, -0.2) is 0 Å². The minimum atomic E-state index is 0.403. The van der Waals surface area contributed by atoms with Crippen LogP contribution in [0.5, 0.6) is 0 Å². The predicted octanol–water partition coefficient (Wildman–Crippen LogP) is 1.17. The van der Waals surface area contributed by atoms with Crippen molar-refractivity contribution >= 4 is 0 Å². The summed E-state index contributed by atoms with van der Waals surface area (Å²) in [6.45, 7) is 0. The predicted molar refractivity (Wildman–Crippen MR) is 35.5 cm³/mol. The maximum atomic E-state index is 8.23. The highest BCUT2D eigenvalue weighted by Gasteiger charge is 2.06. The topological polar surface area (TPSA) is 35.8 Å². The summed E-state index contributed by atoms with van der Waals surface area (Å²) >= 11 is 0. The highest BCUT2D eigenvalue weighted by Crippen LogP contribution is 2.09. The Morgan fingerprint density at radius 3 is 3.00 bits per heavy atom. The molecule has 0 amide bonds. The van der Waals surface area contributed by atoms with E-state index in [9.17, 15) is 0 Å². The molecular formula is C7H10N2. The van der Waals surface area contributed by atoms with Crippen LogP contribution in [0.3, 0.4) is 0 Å². The van der Waals surface area contributed by atoms with Crippen LogP contribution in [0.2, 0.25) is 0 Å². The first-order valence-electron chi connectivity index (χ1n) is 3.23. The van der Waals surface area contributed by atoms with Gasteiger partial charge in [0.25, 0.3) is 0 Å². The molecule has 1 rings (SSSR count). The molecule has 1 atom stereocenters. The monoisotopic (exact) mass is 122 g/mol. The van der Waals surface area contributed by atoms with E-state index in [1.807, 2.05) is 6.19 Å². The van der Waals surface area contributed by atoms with Crippen LogP contribution < -0.4 is 5.32 Å². The van der Waals surface area contributed by atoms with Gasteiger partial charge in [-0.1, -0.05) is 12.2 Å². The first kappa shape index (κ1) is 6.15. The molecule has 0 aromatic heterocycles. The molecule has 1 N–H and O–H groups in total. The molecule has 2 nitrogen and oxygen atoms in total. The van der Waals surface area contributed by atoms with Crippen LogP contribution in [-0.4, -0.2) is 6.04 Å². The molecule has 0 aromatic rings. The maximum Gasteiger partial charge on any atom is 0.176 e. The third-order valence-electron chi connectivity index (χ3n) is 1.54. The first-order valence-corrected chi connectivity index (χ1v) is 3.23. The summed E-state index contributed by atoms with van der Waals surface area (Å²) in [6, 6.07) is 0.403. The van der Waals surface area contributed by atoms with E-state index in [2.05, 4.69) is 17.5 Å². The molecule has 1 aliphatic rings. The van der Waals surface area contributed by atoms with Gasteiger partial charge < -0.3 is 5.32 Å². The normalized spacial score (nSPS) is 25.0. The molecule has 0 saturated heterocycles. The Balaban J connectivity index is 2.28. The molecule has 0 aromatic carbocycles. The lowest BCUT2D eigenvalue weighted by molar-refractivity contribution is 0.543. The van der Waals surface area contributed by atoms with Crippen LogP contribution in [0, 0.1) is 11.5 Å². The molecule has 0 heterocycles. The van der Waals surface area contributed by atoms with E-state index in [1.54, 1.807) is 0 Å². The van der Waals surface area contributed by atoms with Gasteiger partial charge in [-0.15, -0.1) is 0 Å². The van der Waals surface area contributed by atoms with Crippen molar-refractivity contribution in [1.82, 2.24) is 5.32 Å². The third kappa shape index (κ3) is 1.77. The van der Waals surface area contributed by atoms with Gasteiger partial charge in [-0.2, -0.15) is 5.26 Å². The van der Waals surface area contributed by atoms with E-state index < -0.39 is 0 Å². The van der Waals surface area contributed by atoms with Crippen molar-refractivity contribution in [2.24, 2.45) is 0 Å². The molecule has 1 unspecified atom stereocenters. The Hall–Kier alpha value is -0.970. The second kappa shape index (κ2) is 3.13. The van der Waals surface area contributed by atoms with Gasteiger partial charge in [0.05, 0.1) is 0 Å². The largest absolute Gasteiger partial charge is 0.320 e. The smallest absolute Gasteiger partial charge is 0.176 e. The van der Waals surface area contributed by atoms with Crippen molar-refractivity contribution < 1.29 is 0 Å². The zero-order valence-electron chi connectivity index (χ0n) is 5.30. The maximum absolute atomic E-state index is 8.23. The molecular weight excluding hydrogens is 112 g/mol. The average Bonchev–Trinajstić information content (AvgIpc) is 1.91. The van der Waals surface area contributed by atoms with Crippen molar-refractivity contribution in [3.05, 3.63) is 12.2 Å². The van der Waals surface area contributed by atoms with Gasteiger partial charge in [0.15, 0.2) is 6.19 Å². The minimum Gasteiger partial charge on any atom is -0.320 e. The van der Waals surface area contributed by atoms with Crippen LogP contribution in [0.4, 0.5) is 0 Å². The van der Waals surface area contributed by atoms with E-state index in [4.69, 9.17) is 5.26 Å². The molecule has 9 heavy (non-hydrogen) atoms. The molecule has 0 saturated carbocycles. The number of hydrogen-bond donors (Lipinski definition) is 1. The quantitative estimate of drug-likeness (QED) is 0.322. The molecule has 0 spiro atoms. The highest BCUT2D eigenvalue weighted by atomic mass is 14.9. The van der Waals surface area contributed by atoms with Crippen molar-refractivity contribution in [1.29, 1.82) is 5.26 Å². The number of nitrogens with zero attached hydrogens (tertiary/aromatic N) is 1. The summed E-state index contributed by atoms with van der Waals surface area (Å²) in [5, 5.41) is 11.0. The van der Waals surface area contributed by atoms with Gasteiger partial charge in [-0.3, -0.25) is 0 Å². The van der Waals surface area contributed by atoms with Gasteiger partial charge >= 0.3 is 0 Å². The molecule has 1 aliphatic carbocycles. The van der Waals surface area contributed by atoms with Gasteiger partial charge in [0.1, 0.15) is 0 Å². The van der Waals surface area contributed by atoms with Crippen LogP contribution in [0.15, 0.2) is 12.2 Å². The van der Waals surface area contributed by atoms with Crippen LogP contribution in [0.1, 0.15) is 19.3 Å². The minimum absolute atomic E-state index is 0.403. The summed E-state index contributed by atoms with van der Waals surface area (Å²) in [5.74, 6) is 0. The number of rotatable bonds is 1. The Bertz CT molecular complexity index is 143. The fraction of sp³-hybridized carbons (Fsp3) is 0.571. The standard InChI is InChI=1S/C7H10N2/c8-6-9-7-4-2-1-3-5-7/h1-2,7,9H,3-5H2. The summed E-state index contributed by atoms with van der Waals surface area (Å²) in [4.78, 5) is 0. The van der Waals surface area contributed by atoms with Crippen molar-refractivity contribution in [3.8, 4) is 6.19 Å². The summed E-state index contributed by atoms with van der Waals surface area (Å²) < 4.78 is 0. The van der Waals surface area contributed by atoms with Crippen molar-refractivity contribution in [2.45, 2.75) is 25.3 Å². The third-order valence-corrected chi connectivity index (χ3v) is 1.54. The molecule has 0 bridgehead atoms. The molecule has 48 valence electrons. The van der Waals surface area contributed by atoms with E-state index in [-0.39, 0.29) is 0 Å². The number of hydrogen-bond acceptors (Lipinski definition) is 2. The van der Waals surface area contributed by atoms with Crippen LogP contribution in [0.25, 0.3) is 0 Å². The zero-order chi connectivity index (χ0) is 6.53. The van der Waals surface area contributed by atoms with E-state index in [1.165, 1.54) is 0 Å². The lowest BCUT2D eigenvalue weighted by Crippen LogP contribution is -2.24.